The third-order valence-corrected chi connectivity index (χ3v) is 4.44. The van der Waals surface area contributed by atoms with Gasteiger partial charge in [0.1, 0.15) is 0 Å². The summed E-state index contributed by atoms with van der Waals surface area (Å²) >= 11 is 0. The third kappa shape index (κ3) is 2.50. The lowest BCUT2D eigenvalue weighted by atomic mass is 9.93. The van der Waals surface area contributed by atoms with Crippen LogP contribution in [-0.4, -0.2) is 27.0 Å². The molecule has 1 aromatic carbocycles. The number of hydrogen-bond donors (Lipinski definition) is 1. The zero-order valence-corrected chi connectivity index (χ0v) is 12.2. The van der Waals surface area contributed by atoms with Crippen molar-refractivity contribution in [3.8, 4) is 0 Å². The van der Waals surface area contributed by atoms with Gasteiger partial charge in [0.2, 0.25) is 11.8 Å². The number of primary amides is 1. The van der Waals surface area contributed by atoms with Crippen LogP contribution in [0.15, 0.2) is 28.8 Å². The fraction of sp³-hybridized carbons (Fsp3) is 0.438. The molecule has 1 aliphatic carbocycles. The molecule has 4 rings (SSSR count). The Morgan fingerprint density at radius 2 is 2.09 bits per heavy atom. The van der Waals surface area contributed by atoms with E-state index in [4.69, 9.17) is 10.3 Å². The van der Waals surface area contributed by atoms with Gasteiger partial charge in [0.05, 0.1) is 12.6 Å². The SMILES string of the molecule is NC(=O)C1Cc2ccccc2CN1Cc1nc(C2CC2)no1. The minimum absolute atomic E-state index is 0.309. The monoisotopic (exact) mass is 298 g/mol. The lowest BCUT2D eigenvalue weighted by Crippen LogP contribution is -2.48. The van der Waals surface area contributed by atoms with Crippen LogP contribution in [0.5, 0.6) is 0 Å². The van der Waals surface area contributed by atoms with Crippen LogP contribution in [0, 0.1) is 0 Å². The number of benzene rings is 1. The molecule has 1 atom stereocenters. The summed E-state index contributed by atoms with van der Waals surface area (Å²) in [6.07, 6.45) is 2.91. The number of rotatable bonds is 4. The Bertz CT molecular complexity index is 708. The molecule has 1 saturated carbocycles. The summed E-state index contributed by atoms with van der Waals surface area (Å²) in [6, 6.07) is 7.82. The van der Waals surface area contributed by atoms with Gasteiger partial charge in [0.15, 0.2) is 5.82 Å². The molecule has 6 nitrogen and oxygen atoms in total. The fourth-order valence-corrected chi connectivity index (χ4v) is 3.04. The average molecular weight is 298 g/mol. The molecular formula is C16H18N4O2. The quantitative estimate of drug-likeness (QED) is 0.921. The standard InChI is InChI=1S/C16H18N4O2/c17-15(21)13-7-11-3-1-2-4-12(11)8-20(13)9-14-18-16(19-22-14)10-5-6-10/h1-4,10,13H,5-9H2,(H2,17,21). The minimum atomic E-state index is -0.328. The first-order valence-corrected chi connectivity index (χ1v) is 7.63. The molecule has 6 heteroatoms. The van der Waals surface area contributed by atoms with E-state index in [1.54, 1.807) is 0 Å². The summed E-state index contributed by atoms with van der Waals surface area (Å²) in [6.45, 7) is 1.13. The lowest BCUT2D eigenvalue weighted by Gasteiger charge is -2.33. The Balaban J connectivity index is 1.56. The van der Waals surface area contributed by atoms with E-state index in [2.05, 4.69) is 22.3 Å². The minimum Gasteiger partial charge on any atom is -0.368 e. The summed E-state index contributed by atoms with van der Waals surface area (Å²) < 4.78 is 5.33. The molecule has 0 radical (unpaired) electrons. The van der Waals surface area contributed by atoms with E-state index in [1.165, 1.54) is 11.1 Å². The summed E-state index contributed by atoms with van der Waals surface area (Å²) in [7, 11) is 0. The summed E-state index contributed by atoms with van der Waals surface area (Å²) in [5, 5.41) is 4.03. The van der Waals surface area contributed by atoms with Crippen LogP contribution in [0.25, 0.3) is 0 Å². The molecule has 2 N–H and O–H groups in total. The van der Waals surface area contributed by atoms with Crippen molar-refractivity contribution < 1.29 is 9.32 Å². The van der Waals surface area contributed by atoms with Gasteiger partial charge in [0.25, 0.3) is 0 Å². The van der Waals surface area contributed by atoms with Crippen molar-refractivity contribution >= 4 is 5.91 Å². The van der Waals surface area contributed by atoms with Gasteiger partial charge in [-0.15, -0.1) is 0 Å². The molecule has 1 aromatic heterocycles. The van der Waals surface area contributed by atoms with E-state index >= 15 is 0 Å². The van der Waals surface area contributed by atoms with E-state index in [0.29, 0.717) is 31.3 Å². The number of nitrogens with two attached hydrogens (primary N) is 1. The number of carbonyl (C=O) groups excluding carboxylic acids is 1. The van der Waals surface area contributed by atoms with Crippen molar-refractivity contribution in [2.75, 3.05) is 0 Å². The van der Waals surface area contributed by atoms with Crippen molar-refractivity contribution in [3.63, 3.8) is 0 Å². The highest BCUT2D eigenvalue weighted by Gasteiger charge is 2.32. The molecule has 0 bridgehead atoms. The number of hydrogen-bond acceptors (Lipinski definition) is 5. The molecular weight excluding hydrogens is 280 g/mol. The highest BCUT2D eigenvalue weighted by molar-refractivity contribution is 5.80. The number of carbonyl (C=O) groups is 1. The Labute approximate surface area is 128 Å². The molecule has 0 saturated heterocycles. The van der Waals surface area contributed by atoms with Crippen LogP contribution in [0.1, 0.15) is 41.6 Å². The van der Waals surface area contributed by atoms with Crippen molar-refractivity contribution in [3.05, 3.63) is 47.1 Å². The normalized spacial score (nSPS) is 21.5. The van der Waals surface area contributed by atoms with Crippen LogP contribution in [0.2, 0.25) is 0 Å². The molecule has 2 aliphatic rings. The molecule has 0 spiro atoms. The third-order valence-electron chi connectivity index (χ3n) is 4.44. The van der Waals surface area contributed by atoms with Crippen molar-refractivity contribution in [2.24, 2.45) is 5.73 Å². The second-order valence-electron chi connectivity index (χ2n) is 6.12. The zero-order chi connectivity index (χ0) is 15.1. The summed E-state index contributed by atoms with van der Waals surface area (Å²) in [4.78, 5) is 18.3. The Morgan fingerprint density at radius 3 is 2.82 bits per heavy atom. The average Bonchev–Trinajstić information content (AvgIpc) is 3.27. The maximum absolute atomic E-state index is 11.8. The van der Waals surface area contributed by atoms with Gasteiger partial charge in [-0.3, -0.25) is 9.69 Å². The molecule has 2 heterocycles. The smallest absolute Gasteiger partial charge is 0.240 e. The molecule has 2 aromatic rings. The molecule has 1 aliphatic heterocycles. The number of fused-ring (bicyclic) bond motifs is 1. The predicted octanol–water partition coefficient (Wildman–Crippen LogP) is 1.36. The first kappa shape index (κ1) is 13.5. The number of amides is 1. The van der Waals surface area contributed by atoms with Crippen LogP contribution in [0.3, 0.4) is 0 Å². The Kier molecular flexibility index (Phi) is 3.18. The summed E-state index contributed by atoms with van der Waals surface area (Å²) in [5.41, 5.74) is 8.00. The van der Waals surface area contributed by atoms with Gasteiger partial charge >= 0.3 is 0 Å². The fourth-order valence-electron chi connectivity index (χ4n) is 3.04. The zero-order valence-electron chi connectivity index (χ0n) is 12.2. The molecule has 1 fully saturated rings. The van der Waals surface area contributed by atoms with Gasteiger partial charge in [-0.2, -0.15) is 4.98 Å². The molecule has 1 amide bonds. The Morgan fingerprint density at radius 1 is 1.32 bits per heavy atom. The van der Waals surface area contributed by atoms with Gasteiger partial charge in [-0.05, 0) is 30.4 Å². The second kappa shape index (κ2) is 5.21. The highest BCUT2D eigenvalue weighted by Crippen LogP contribution is 2.38. The van der Waals surface area contributed by atoms with E-state index in [9.17, 15) is 4.79 Å². The first-order valence-electron chi connectivity index (χ1n) is 7.63. The maximum atomic E-state index is 11.8. The van der Waals surface area contributed by atoms with E-state index in [-0.39, 0.29) is 11.9 Å². The van der Waals surface area contributed by atoms with Crippen molar-refractivity contribution in [1.82, 2.24) is 15.0 Å². The van der Waals surface area contributed by atoms with Gasteiger partial charge in [-0.1, -0.05) is 29.4 Å². The van der Waals surface area contributed by atoms with Gasteiger partial charge in [0, 0.05) is 12.5 Å². The number of nitrogens with zero attached hydrogens (tertiary/aromatic N) is 3. The lowest BCUT2D eigenvalue weighted by molar-refractivity contribution is -0.124. The van der Waals surface area contributed by atoms with Gasteiger partial charge < -0.3 is 10.3 Å². The van der Waals surface area contributed by atoms with Crippen LogP contribution in [0.4, 0.5) is 0 Å². The second-order valence-corrected chi connectivity index (χ2v) is 6.12. The molecule has 22 heavy (non-hydrogen) atoms. The Hall–Kier alpha value is -2.21. The number of aromatic nitrogens is 2. The topological polar surface area (TPSA) is 85.3 Å². The van der Waals surface area contributed by atoms with E-state index in [0.717, 1.165) is 18.7 Å². The maximum Gasteiger partial charge on any atom is 0.240 e. The summed E-state index contributed by atoms with van der Waals surface area (Å²) in [5.74, 6) is 1.51. The molecule has 114 valence electrons. The van der Waals surface area contributed by atoms with Crippen molar-refractivity contribution in [1.29, 1.82) is 0 Å². The molecule has 1 unspecified atom stereocenters. The largest absolute Gasteiger partial charge is 0.368 e. The first-order chi connectivity index (χ1) is 10.7. The van der Waals surface area contributed by atoms with Crippen LogP contribution >= 0.6 is 0 Å². The van der Waals surface area contributed by atoms with E-state index in [1.807, 2.05) is 17.0 Å². The predicted molar refractivity (Wildman–Crippen MR) is 78.6 cm³/mol. The van der Waals surface area contributed by atoms with Crippen LogP contribution in [-0.2, 0) is 24.3 Å². The van der Waals surface area contributed by atoms with E-state index < -0.39 is 0 Å². The van der Waals surface area contributed by atoms with Crippen LogP contribution < -0.4 is 5.73 Å². The highest BCUT2D eigenvalue weighted by atomic mass is 16.5. The van der Waals surface area contributed by atoms with Gasteiger partial charge in [-0.25, -0.2) is 0 Å². The van der Waals surface area contributed by atoms with Crippen molar-refractivity contribution in [2.45, 2.75) is 44.3 Å².